The fraction of sp³-hybridized carbons (Fsp3) is 0.812. The van der Waals surface area contributed by atoms with Gasteiger partial charge in [-0.2, -0.15) is 0 Å². The predicted octanol–water partition coefficient (Wildman–Crippen LogP) is 1.36. The highest BCUT2D eigenvalue weighted by Gasteiger charge is 2.34. The minimum absolute atomic E-state index is 0.309. The molecule has 0 radical (unpaired) electrons. The number of rotatable bonds is 5. The van der Waals surface area contributed by atoms with Crippen LogP contribution in [0.2, 0.25) is 0 Å². The summed E-state index contributed by atoms with van der Waals surface area (Å²) in [7, 11) is 2.21. The van der Waals surface area contributed by atoms with Crippen molar-refractivity contribution in [2.45, 2.75) is 25.3 Å². The molecule has 2 aliphatic rings. The first-order valence-corrected chi connectivity index (χ1v) is 9.34. The second-order valence-electron chi connectivity index (χ2n) is 6.58. The average molecular weight is 324 g/mol. The van der Waals surface area contributed by atoms with Crippen LogP contribution in [0.3, 0.4) is 0 Å². The van der Waals surface area contributed by atoms with Crippen molar-refractivity contribution in [1.29, 1.82) is 0 Å². The van der Waals surface area contributed by atoms with E-state index in [0.29, 0.717) is 18.6 Å². The van der Waals surface area contributed by atoms with Crippen LogP contribution in [-0.4, -0.2) is 78.9 Å². The Balaban J connectivity index is 1.64. The van der Waals surface area contributed by atoms with Crippen LogP contribution < -0.4 is 4.90 Å². The summed E-state index contributed by atoms with van der Waals surface area (Å²) in [5.41, 5.74) is 0. The molecule has 1 aromatic rings. The maximum Gasteiger partial charge on any atom is 0.185 e. The third-order valence-electron chi connectivity index (χ3n) is 5.12. The number of hydrogen-bond acceptors (Lipinski definition) is 6. The lowest BCUT2D eigenvalue weighted by molar-refractivity contribution is 0.0638. The zero-order chi connectivity index (χ0) is 15.4. The van der Waals surface area contributed by atoms with Gasteiger partial charge in [-0.1, -0.05) is 0 Å². The van der Waals surface area contributed by atoms with E-state index in [4.69, 9.17) is 0 Å². The Morgan fingerprint density at radius 1 is 1.27 bits per heavy atom. The average Bonchev–Trinajstić information content (AvgIpc) is 3.08. The molecule has 6 heteroatoms. The molecule has 3 rings (SSSR count). The van der Waals surface area contributed by atoms with Gasteiger partial charge in [0.05, 0.1) is 0 Å². The number of hydrogen-bond donors (Lipinski definition) is 1. The normalized spacial score (nSPS) is 28.2. The molecule has 1 aromatic heterocycles. The van der Waals surface area contributed by atoms with Crippen molar-refractivity contribution in [3.05, 3.63) is 11.6 Å². The molecule has 2 atom stereocenters. The van der Waals surface area contributed by atoms with Gasteiger partial charge in [0.1, 0.15) is 0 Å². The van der Waals surface area contributed by atoms with Crippen LogP contribution in [0.4, 0.5) is 5.13 Å². The molecule has 0 bridgehead atoms. The Morgan fingerprint density at radius 3 is 2.77 bits per heavy atom. The Morgan fingerprint density at radius 2 is 2.09 bits per heavy atom. The van der Waals surface area contributed by atoms with Crippen LogP contribution in [-0.2, 0) is 0 Å². The summed E-state index contributed by atoms with van der Waals surface area (Å²) >= 11 is 1.74. The van der Waals surface area contributed by atoms with Crippen LogP contribution >= 0.6 is 11.3 Å². The van der Waals surface area contributed by atoms with E-state index >= 15 is 0 Å². The summed E-state index contributed by atoms with van der Waals surface area (Å²) in [5, 5.41) is 12.5. The van der Waals surface area contributed by atoms with Gasteiger partial charge in [0.15, 0.2) is 5.13 Å². The van der Waals surface area contributed by atoms with Crippen LogP contribution in [0.15, 0.2) is 11.6 Å². The topological polar surface area (TPSA) is 42.8 Å². The van der Waals surface area contributed by atoms with E-state index in [2.05, 4.69) is 32.1 Å². The van der Waals surface area contributed by atoms with Crippen LogP contribution in [0.25, 0.3) is 0 Å². The van der Waals surface area contributed by atoms with E-state index < -0.39 is 0 Å². The molecular weight excluding hydrogens is 296 g/mol. The lowest BCUT2D eigenvalue weighted by Crippen LogP contribution is -2.56. The van der Waals surface area contributed by atoms with Gasteiger partial charge in [0.25, 0.3) is 0 Å². The Hall–Kier alpha value is -0.690. The van der Waals surface area contributed by atoms with Gasteiger partial charge < -0.3 is 14.9 Å². The van der Waals surface area contributed by atoms with Gasteiger partial charge in [0.2, 0.25) is 0 Å². The smallest absolute Gasteiger partial charge is 0.185 e. The number of aliphatic hydroxyl groups excluding tert-OH is 1. The minimum atomic E-state index is 0.309. The summed E-state index contributed by atoms with van der Waals surface area (Å²) in [6.45, 7) is 7.24. The molecule has 0 unspecified atom stereocenters. The maximum absolute atomic E-state index is 9.23. The number of piperazine rings is 1. The molecule has 3 heterocycles. The van der Waals surface area contributed by atoms with Gasteiger partial charge >= 0.3 is 0 Å². The number of thiazole rings is 1. The summed E-state index contributed by atoms with van der Waals surface area (Å²) in [6.07, 6.45) is 5.16. The largest absolute Gasteiger partial charge is 0.396 e. The number of nitrogens with zero attached hydrogens (tertiary/aromatic N) is 4. The zero-order valence-electron chi connectivity index (χ0n) is 13.5. The van der Waals surface area contributed by atoms with E-state index in [9.17, 15) is 5.11 Å². The Kier molecular flexibility index (Phi) is 5.68. The number of aromatic nitrogens is 1. The van der Waals surface area contributed by atoms with Gasteiger partial charge in [-0.05, 0) is 32.2 Å². The van der Waals surface area contributed by atoms with E-state index in [1.807, 2.05) is 6.20 Å². The van der Waals surface area contributed by atoms with Crippen molar-refractivity contribution < 1.29 is 5.11 Å². The fourth-order valence-electron chi connectivity index (χ4n) is 3.84. The third-order valence-corrected chi connectivity index (χ3v) is 5.96. The quantitative estimate of drug-likeness (QED) is 0.886. The molecule has 22 heavy (non-hydrogen) atoms. The molecule has 5 nitrogen and oxygen atoms in total. The van der Waals surface area contributed by atoms with Gasteiger partial charge in [-0.3, -0.25) is 4.90 Å². The molecule has 2 fully saturated rings. The molecule has 0 saturated carbocycles. The minimum Gasteiger partial charge on any atom is -0.396 e. The second kappa shape index (κ2) is 7.73. The molecule has 0 amide bonds. The lowest BCUT2D eigenvalue weighted by Gasteiger charge is -2.46. The van der Waals surface area contributed by atoms with Crippen LogP contribution in [0.1, 0.15) is 19.3 Å². The number of aliphatic hydroxyl groups is 1. The van der Waals surface area contributed by atoms with Crippen molar-refractivity contribution in [3.63, 3.8) is 0 Å². The lowest BCUT2D eigenvalue weighted by atomic mass is 9.87. The van der Waals surface area contributed by atoms with Crippen LogP contribution in [0, 0.1) is 5.92 Å². The summed E-state index contributed by atoms with van der Waals surface area (Å²) in [4.78, 5) is 12.0. The first-order chi connectivity index (χ1) is 10.8. The fourth-order valence-corrected chi connectivity index (χ4v) is 4.52. The summed E-state index contributed by atoms with van der Waals surface area (Å²) in [6, 6.07) is 0.677. The zero-order valence-corrected chi connectivity index (χ0v) is 14.3. The van der Waals surface area contributed by atoms with Crippen molar-refractivity contribution >= 4 is 16.5 Å². The monoisotopic (exact) mass is 324 g/mol. The summed E-state index contributed by atoms with van der Waals surface area (Å²) < 4.78 is 0. The molecule has 2 saturated heterocycles. The highest BCUT2D eigenvalue weighted by molar-refractivity contribution is 7.13. The molecule has 0 aliphatic carbocycles. The molecular formula is C16H28N4OS. The molecule has 0 aromatic carbocycles. The number of likely N-dealkylation sites (N-methyl/N-ethyl adjacent to an activating group) is 1. The predicted molar refractivity (Wildman–Crippen MR) is 91.6 cm³/mol. The van der Waals surface area contributed by atoms with E-state index in [0.717, 1.165) is 31.1 Å². The maximum atomic E-state index is 9.23. The molecule has 0 spiro atoms. The molecule has 2 aliphatic heterocycles. The van der Waals surface area contributed by atoms with Crippen molar-refractivity contribution in [2.24, 2.45) is 5.92 Å². The standard InChI is InChI=1S/C16H28N4OS/c1-18-7-9-19(10-8-18)15-4-6-20(16-17-5-12-22-16)13-14(15)3-2-11-21/h5,12,14-15,21H,2-4,6-11,13H2,1H3/t14-,15+/m1/s1. The van der Waals surface area contributed by atoms with Gasteiger partial charge in [-0.25, -0.2) is 4.98 Å². The molecule has 124 valence electrons. The number of piperidine rings is 1. The first kappa shape index (κ1) is 16.2. The first-order valence-electron chi connectivity index (χ1n) is 8.46. The highest BCUT2D eigenvalue weighted by atomic mass is 32.1. The SMILES string of the molecule is CN1CCN([C@H]2CCN(c3nccs3)C[C@H]2CCCO)CC1. The van der Waals surface area contributed by atoms with Gasteiger partial charge in [-0.15, -0.1) is 11.3 Å². The second-order valence-corrected chi connectivity index (χ2v) is 7.45. The Labute approximate surface area is 137 Å². The third kappa shape index (κ3) is 3.79. The Bertz CT molecular complexity index is 433. The van der Waals surface area contributed by atoms with Crippen molar-refractivity contribution in [3.8, 4) is 0 Å². The number of anilines is 1. The van der Waals surface area contributed by atoms with E-state index in [1.165, 1.54) is 32.6 Å². The highest BCUT2D eigenvalue weighted by Crippen LogP contribution is 2.30. The van der Waals surface area contributed by atoms with Gasteiger partial charge in [0, 0.05) is 63.5 Å². The van der Waals surface area contributed by atoms with Crippen LogP contribution in [0.5, 0.6) is 0 Å². The van der Waals surface area contributed by atoms with Crippen molar-refractivity contribution in [1.82, 2.24) is 14.8 Å². The van der Waals surface area contributed by atoms with E-state index in [-0.39, 0.29) is 0 Å². The molecule has 1 N–H and O–H groups in total. The van der Waals surface area contributed by atoms with Crippen molar-refractivity contribution in [2.75, 3.05) is 57.8 Å². The van der Waals surface area contributed by atoms with E-state index in [1.54, 1.807) is 11.3 Å². The summed E-state index contributed by atoms with van der Waals surface area (Å²) in [5.74, 6) is 0.646.